The van der Waals surface area contributed by atoms with Gasteiger partial charge < -0.3 is 19.4 Å². The second-order valence-electron chi connectivity index (χ2n) is 7.03. The topological polar surface area (TPSA) is 86.6 Å². The number of esters is 2. The van der Waals surface area contributed by atoms with E-state index in [1.54, 1.807) is 31.4 Å². The molecule has 0 fully saturated rings. The maximum atomic E-state index is 12.4. The highest BCUT2D eigenvalue weighted by molar-refractivity contribution is 5.95. The summed E-state index contributed by atoms with van der Waals surface area (Å²) < 4.78 is 12.0. The van der Waals surface area contributed by atoms with Gasteiger partial charge in [-0.2, -0.15) is 0 Å². The van der Waals surface area contributed by atoms with Crippen molar-refractivity contribution >= 4 is 23.5 Å². The van der Waals surface area contributed by atoms with Gasteiger partial charge in [-0.05, 0) is 64.8 Å². The summed E-state index contributed by atoms with van der Waals surface area (Å²) in [5.74, 6) is -1.40. The highest BCUT2D eigenvalue weighted by atomic mass is 16.5. The van der Waals surface area contributed by atoms with E-state index in [0.717, 1.165) is 16.8 Å². The highest BCUT2D eigenvalue weighted by Crippen LogP contribution is 2.18. The van der Waals surface area contributed by atoms with Crippen LogP contribution in [0.5, 0.6) is 0 Å². The van der Waals surface area contributed by atoms with Crippen LogP contribution in [0, 0.1) is 27.7 Å². The lowest BCUT2D eigenvalue weighted by molar-refractivity contribution is -0.153. The van der Waals surface area contributed by atoms with Crippen LogP contribution in [0.2, 0.25) is 0 Å². The summed E-state index contributed by atoms with van der Waals surface area (Å²) in [5, 5.41) is 2.79. The van der Waals surface area contributed by atoms with E-state index in [0.29, 0.717) is 16.9 Å². The first-order valence-corrected chi connectivity index (χ1v) is 9.55. The highest BCUT2D eigenvalue weighted by Gasteiger charge is 2.22. The number of ether oxygens (including phenoxy) is 2. The Labute approximate surface area is 171 Å². The summed E-state index contributed by atoms with van der Waals surface area (Å²) in [6.07, 6.45) is -0.955. The third kappa shape index (κ3) is 5.47. The Kier molecular flexibility index (Phi) is 7.20. The standard InChI is InChI=1S/C22H28N2O5/c1-7-28-22(27)18-11-15(4)24(16(18)5)12-20(25)29-17(6)21(26)23-19-10-13(2)8-9-14(19)3/h8-11,17H,7,12H2,1-6H3,(H,23,26). The van der Waals surface area contributed by atoms with Gasteiger partial charge in [-0.3, -0.25) is 9.59 Å². The summed E-state index contributed by atoms with van der Waals surface area (Å²) in [6, 6.07) is 7.42. The molecule has 1 atom stereocenters. The Morgan fingerprint density at radius 2 is 1.79 bits per heavy atom. The van der Waals surface area contributed by atoms with Gasteiger partial charge in [0.05, 0.1) is 12.2 Å². The lowest BCUT2D eigenvalue weighted by atomic mass is 10.1. The zero-order valence-corrected chi connectivity index (χ0v) is 17.8. The maximum absolute atomic E-state index is 12.4. The van der Waals surface area contributed by atoms with Crippen molar-refractivity contribution < 1.29 is 23.9 Å². The Morgan fingerprint density at radius 1 is 1.10 bits per heavy atom. The Hall–Kier alpha value is -3.09. The van der Waals surface area contributed by atoms with E-state index in [2.05, 4.69) is 5.32 Å². The predicted molar refractivity (Wildman–Crippen MR) is 110 cm³/mol. The van der Waals surface area contributed by atoms with Crippen molar-refractivity contribution in [2.75, 3.05) is 11.9 Å². The van der Waals surface area contributed by atoms with Gasteiger partial charge in [0.1, 0.15) is 6.54 Å². The molecule has 0 saturated carbocycles. The summed E-state index contributed by atoms with van der Waals surface area (Å²) >= 11 is 0. The first-order valence-electron chi connectivity index (χ1n) is 9.55. The molecule has 1 aromatic carbocycles. The van der Waals surface area contributed by atoms with E-state index in [4.69, 9.17) is 9.47 Å². The van der Waals surface area contributed by atoms with E-state index < -0.39 is 23.9 Å². The van der Waals surface area contributed by atoms with E-state index in [9.17, 15) is 14.4 Å². The van der Waals surface area contributed by atoms with Gasteiger partial charge in [0.25, 0.3) is 5.91 Å². The van der Waals surface area contributed by atoms with Crippen LogP contribution in [0.1, 0.15) is 46.7 Å². The fourth-order valence-electron chi connectivity index (χ4n) is 2.98. The van der Waals surface area contributed by atoms with Gasteiger partial charge in [0, 0.05) is 17.1 Å². The first-order chi connectivity index (χ1) is 13.6. The fourth-order valence-corrected chi connectivity index (χ4v) is 2.98. The molecule has 0 saturated heterocycles. The molecule has 0 bridgehead atoms. The molecule has 2 aromatic rings. The molecule has 156 valence electrons. The van der Waals surface area contributed by atoms with E-state index >= 15 is 0 Å². The quantitative estimate of drug-likeness (QED) is 0.719. The molecule has 29 heavy (non-hydrogen) atoms. The largest absolute Gasteiger partial charge is 0.462 e. The Morgan fingerprint density at radius 3 is 2.45 bits per heavy atom. The molecule has 0 aliphatic carbocycles. The summed E-state index contributed by atoms with van der Waals surface area (Å²) in [6.45, 7) is 10.8. The van der Waals surface area contributed by atoms with Gasteiger partial charge in [-0.1, -0.05) is 12.1 Å². The molecular weight excluding hydrogens is 372 g/mol. The van der Waals surface area contributed by atoms with Crippen LogP contribution in [-0.4, -0.2) is 35.1 Å². The van der Waals surface area contributed by atoms with Gasteiger partial charge in [0.15, 0.2) is 6.10 Å². The third-order valence-electron chi connectivity index (χ3n) is 4.68. The predicted octanol–water partition coefficient (Wildman–Crippen LogP) is 3.47. The van der Waals surface area contributed by atoms with Crippen molar-refractivity contribution in [2.45, 2.75) is 54.2 Å². The molecule has 1 N–H and O–H groups in total. The molecule has 0 spiro atoms. The molecule has 0 aliphatic rings. The SMILES string of the molecule is CCOC(=O)c1cc(C)n(CC(=O)OC(C)C(=O)Nc2cc(C)ccc2C)c1C. The number of anilines is 1. The van der Waals surface area contributed by atoms with Crippen molar-refractivity contribution in [2.24, 2.45) is 0 Å². The number of nitrogens with one attached hydrogen (secondary N) is 1. The van der Waals surface area contributed by atoms with Gasteiger partial charge in [-0.25, -0.2) is 4.79 Å². The monoisotopic (exact) mass is 400 g/mol. The molecule has 1 heterocycles. The average molecular weight is 400 g/mol. The second kappa shape index (κ2) is 9.41. The number of hydrogen-bond acceptors (Lipinski definition) is 5. The minimum absolute atomic E-state index is 0.0990. The molecule has 7 nitrogen and oxygen atoms in total. The molecule has 0 radical (unpaired) electrons. The molecule has 7 heteroatoms. The summed E-state index contributed by atoms with van der Waals surface area (Å²) in [7, 11) is 0. The molecule has 1 amide bonds. The van der Waals surface area contributed by atoms with E-state index in [1.165, 1.54) is 6.92 Å². The number of rotatable bonds is 7. The number of aromatic nitrogens is 1. The molecular formula is C22H28N2O5. The number of aryl methyl sites for hydroxylation is 3. The van der Waals surface area contributed by atoms with Crippen LogP contribution in [0.15, 0.2) is 24.3 Å². The molecule has 1 unspecified atom stereocenters. The Balaban J connectivity index is 2.02. The van der Waals surface area contributed by atoms with Crippen LogP contribution in [0.25, 0.3) is 0 Å². The van der Waals surface area contributed by atoms with Crippen molar-refractivity contribution in [3.05, 3.63) is 52.3 Å². The summed E-state index contributed by atoms with van der Waals surface area (Å²) in [4.78, 5) is 36.8. The van der Waals surface area contributed by atoms with Crippen LogP contribution in [-0.2, 0) is 25.6 Å². The van der Waals surface area contributed by atoms with Crippen LogP contribution >= 0.6 is 0 Å². The first kappa shape index (κ1) is 22.2. The zero-order chi connectivity index (χ0) is 21.7. The number of nitrogens with zero attached hydrogens (tertiary/aromatic N) is 1. The minimum Gasteiger partial charge on any atom is -0.462 e. The molecule has 1 aromatic heterocycles. The van der Waals surface area contributed by atoms with Crippen LogP contribution < -0.4 is 5.32 Å². The number of carbonyl (C=O) groups excluding carboxylic acids is 3. The van der Waals surface area contributed by atoms with Gasteiger partial charge in [0.2, 0.25) is 0 Å². The second-order valence-corrected chi connectivity index (χ2v) is 7.03. The minimum atomic E-state index is -0.955. The normalized spacial score (nSPS) is 11.7. The van der Waals surface area contributed by atoms with E-state index in [-0.39, 0.29) is 13.2 Å². The number of benzene rings is 1. The lowest BCUT2D eigenvalue weighted by Gasteiger charge is -2.16. The number of carbonyl (C=O) groups is 3. The van der Waals surface area contributed by atoms with Crippen molar-refractivity contribution in [1.29, 1.82) is 0 Å². The molecule has 2 rings (SSSR count). The lowest BCUT2D eigenvalue weighted by Crippen LogP contribution is -2.31. The van der Waals surface area contributed by atoms with E-state index in [1.807, 2.05) is 32.0 Å². The average Bonchev–Trinajstić information content (AvgIpc) is 2.93. The molecule has 0 aliphatic heterocycles. The smallest absolute Gasteiger partial charge is 0.339 e. The van der Waals surface area contributed by atoms with Crippen molar-refractivity contribution in [3.63, 3.8) is 0 Å². The third-order valence-corrected chi connectivity index (χ3v) is 4.68. The number of hydrogen-bond donors (Lipinski definition) is 1. The van der Waals surface area contributed by atoms with Crippen molar-refractivity contribution in [1.82, 2.24) is 4.57 Å². The summed E-state index contributed by atoms with van der Waals surface area (Å²) in [5.41, 5.74) is 4.39. The fraction of sp³-hybridized carbons (Fsp3) is 0.409. The maximum Gasteiger partial charge on any atom is 0.339 e. The van der Waals surface area contributed by atoms with Crippen LogP contribution in [0.4, 0.5) is 5.69 Å². The van der Waals surface area contributed by atoms with Crippen LogP contribution in [0.3, 0.4) is 0 Å². The Bertz CT molecular complexity index is 930. The van der Waals surface area contributed by atoms with Gasteiger partial charge >= 0.3 is 11.9 Å². The van der Waals surface area contributed by atoms with Crippen molar-refractivity contribution in [3.8, 4) is 0 Å². The zero-order valence-electron chi connectivity index (χ0n) is 17.8. The van der Waals surface area contributed by atoms with Gasteiger partial charge in [-0.15, -0.1) is 0 Å². The number of amides is 1.